The summed E-state index contributed by atoms with van der Waals surface area (Å²) in [4.78, 5) is 29.0. The summed E-state index contributed by atoms with van der Waals surface area (Å²) in [5, 5.41) is 6.62. The van der Waals surface area contributed by atoms with E-state index in [-0.39, 0.29) is 17.6 Å². The number of carbonyl (C=O) groups is 2. The van der Waals surface area contributed by atoms with Crippen LogP contribution in [0.3, 0.4) is 0 Å². The molecule has 0 bridgehead atoms. The quantitative estimate of drug-likeness (QED) is 0.323. The number of amides is 1. The second-order valence-corrected chi connectivity index (χ2v) is 10.6. The number of hydrazone groups is 1. The number of rotatable bonds is 5. The first kappa shape index (κ1) is 23.3. The third-order valence-electron chi connectivity index (χ3n) is 5.47. The molecule has 0 saturated carbocycles. The van der Waals surface area contributed by atoms with E-state index >= 15 is 0 Å². The van der Waals surface area contributed by atoms with Gasteiger partial charge in [-0.2, -0.15) is 5.10 Å². The van der Waals surface area contributed by atoms with Crippen LogP contribution in [0.2, 0.25) is 0 Å². The Kier molecular flexibility index (Phi) is 6.40. The number of ether oxygens (including phenoxy) is 1. The molecule has 2 aliphatic rings. The molecule has 2 aliphatic heterocycles. The predicted octanol–water partition coefficient (Wildman–Crippen LogP) is 5.86. The average Bonchev–Trinajstić information content (AvgIpc) is 3.39. The summed E-state index contributed by atoms with van der Waals surface area (Å²) in [6.07, 6.45) is 1.89. The minimum absolute atomic E-state index is 0.157. The molecule has 1 fully saturated rings. The van der Waals surface area contributed by atoms with Crippen LogP contribution in [0.5, 0.6) is 0 Å². The first-order chi connectivity index (χ1) is 17.0. The highest BCUT2D eigenvalue weighted by Gasteiger charge is 2.60. The van der Waals surface area contributed by atoms with Crippen molar-refractivity contribution < 1.29 is 14.3 Å². The van der Waals surface area contributed by atoms with E-state index in [1.165, 1.54) is 23.5 Å². The van der Waals surface area contributed by atoms with Crippen molar-refractivity contribution in [3.63, 3.8) is 0 Å². The van der Waals surface area contributed by atoms with Gasteiger partial charge in [-0.05, 0) is 61.5 Å². The Morgan fingerprint density at radius 2 is 1.57 bits per heavy atom. The smallest absolute Gasteiger partial charge is 0.365 e. The van der Waals surface area contributed by atoms with E-state index in [1.54, 1.807) is 16.8 Å². The second kappa shape index (κ2) is 9.64. The van der Waals surface area contributed by atoms with Gasteiger partial charge >= 0.3 is 5.97 Å². The van der Waals surface area contributed by atoms with Crippen molar-refractivity contribution in [3.05, 3.63) is 101 Å². The minimum atomic E-state index is -1.07. The van der Waals surface area contributed by atoms with Crippen molar-refractivity contribution in [2.24, 2.45) is 5.10 Å². The average molecular weight is 502 g/mol. The summed E-state index contributed by atoms with van der Waals surface area (Å²) in [5.74, 6) is -0.664. The van der Waals surface area contributed by atoms with Crippen LogP contribution < -0.4 is 9.91 Å². The van der Waals surface area contributed by atoms with Crippen LogP contribution in [-0.4, -0.2) is 27.9 Å². The lowest BCUT2D eigenvalue weighted by molar-refractivity contribution is -0.134. The van der Waals surface area contributed by atoms with Crippen molar-refractivity contribution in [2.75, 3.05) is 16.5 Å². The second-order valence-electron chi connectivity index (χ2n) is 7.92. The lowest BCUT2D eigenvalue weighted by Crippen LogP contribution is -2.51. The highest BCUT2D eigenvalue weighted by molar-refractivity contribution is 8.29. The van der Waals surface area contributed by atoms with Crippen LogP contribution in [0.15, 0.2) is 94.9 Å². The van der Waals surface area contributed by atoms with E-state index in [0.29, 0.717) is 10.6 Å². The maximum atomic E-state index is 13.9. The number of aryl methyl sites for hydroxylation is 1. The predicted molar refractivity (Wildman–Crippen MR) is 144 cm³/mol. The van der Waals surface area contributed by atoms with Gasteiger partial charge < -0.3 is 4.74 Å². The van der Waals surface area contributed by atoms with Crippen molar-refractivity contribution in [1.82, 2.24) is 0 Å². The molecule has 1 amide bonds. The zero-order valence-electron chi connectivity index (χ0n) is 19.3. The highest BCUT2D eigenvalue weighted by atomic mass is 32.2. The zero-order chi connectivity index (χ0) is 24.4. The molecule has 1 saturated heterocycles. The molecule has 1 spiro atoms. The summed E-state index contributed by atoms with van der Waals surface area (Å²) in [5.41, 5.74) is 3.55. The van der Waals surface area contributed by atoms with Gasteiger partial charge in [0.2, 0.25) is 9.37 Å². The molecular formula is C27H23N3O3S2. The van der Waals surface area contributed by atoms with Gasteiger partial charge in [0.15, 0.2) is 0 Å². The molecule has 0 aliphatic carbocycles. The van der Waals surface area contributed by atoms with Gasteiger partial charge in [-0.1, -0.05) is 78.0 Å². The van der Waals surface area contributed by atoms with E-state index in [1.807, 2.05) is 97.9 Å². The van der Waals surface area contributed by atoms with Crippen molar-refractivity contribution in [3.8, 4) is 0 Å². The minimum Gasteiger partial charge on any atom is -0.461 e. The van der Waals surface area contributed by atoms with Crippen molar-refractivity contribution in [2.45, 2.75) is 18.2 Å². The number of benzene rings is 3. The molecule has 0 radical (unpaired) electrons. The Morgan fingerprint density at radius 1 is 0.943 bits per heavy atom. The van der Waals surface area contributed by atoms with Gasteiger partial charge in [0, 0.05) is 5.69 Å². The van der Waals surface area contributed by atoms with Crippen molar-refractivity contribution in [1.29, 1.82) is 0 Å². The number of esters is 1. The lowest BCUT2D eigenvalue weighted by Gasteiger charge is -2.38. The molecule has 2 heterocycles. The Bertz CT molecular complexity index is 1310. The zero-order valence-corrected chi connectivity index (χ0v) is 20.9. The number of para-hydroxylation sites is 2. The number of anilines is 2. The summed E-state index contributed by atoms with van der Waals surface area (Å²) < 4.78 is 4.20. The van der Waals surface area contributed by atoms with E-state index in [2.05, 4.69) is 5.10 Å². The van der Waals surface area contributed by atoms with Gasteiger partial charge in [-0.25, -0.2) is 9.80 Å². The molecule has 8 heteroatoms. The Balaban J connectivity index is 1.66. The lowest BCUT2D eigenvalue weighted by atomic mass is 10.1. The van der Waals surface area contributed by atoms with Gasteiger partial charge in [0.1, 0.15) is 0 Å². The normalized spacial score (nSPS) is 20.6. The van der Waals surface area contributed by atoms with Crippen LogP contribution in [0.25, 0.3) is 6.08 Å². The third-order valence-corrected chi connectivity index (χ3v) is 8.16. The molecule has 0 aromatic heterocycles. The fourth-order valence-electron chi connectivity index (χ4n) is 3.85. The highest BCUT2D eigenvalue weighted by Crippen LogP contribution is 2.59. The number of thioether (sulfide) groups is 2. The Morgan fingerprint density at radius 3 is 2.20 bits per heavy atom. The van der Waals surface area contributed by atoms with Crippen LogP contribution in [0, 0.1) is 6.92 Å². The van der Waals surface area contributed by atoms with Crippen molar-refractivity contribution >= 4 is 57.9 Å². The van der Waals surface area contributed by atoms with Crippen LogP contribution in [0.4, 0.5) is 11.4 Å². The fourth-order valence-corrected chi connectivity index (χ4v) is 6.72. The fraction of sp³-hybridized carbons (Fsp3) is 0.148. The van der Waals surface area contributed by atoms with Crippen LogP contribution >= 0.6 is 23.5 Å². The Hall–Kier alpha value is -3.49. The summed E-state index contributed by atoms with van der Waals surface area (Å²) in [6, 6.07) is 27.0. The number of hydrogen-bond acceptors (Lipinski definition) is 7. The molecule has 5 rings (SSSR count). The summed E-state index contributed by atoms with van der Waals surface area (Å²) in [7, 11) is 0. The molecule has 3 aromatic rings. The van der Waals surface area contributed by atoms with Gasteiger partial charge in [0.25, 0.3) is 5.91 Å². The number of carbonyl (C=O) groups excluding carboxylic acids is 2. The standard InChI is InChI=1S/C27H23N3O3S2/c1-3-33-26(32)24-28-30(22-12-8-5-9-13-22)27(35-24)29(21-10-6-4-7-11-21)25(31)23(34-27)18-20-16-14-19(2)15-17-20/h4-18H,3H2,1-2H3/b23-18+/t27-/m0/s1. The van der Waals surface area contributed by atoms with E-state index in [0.717, 1.165) is 16.8 Å². The van der Waals surface area contributed by atoms with E-state index in [9.17, 15) is 9.59 Å². The molecule has 35 heavy (non-hydrogen) atoms. The van der Waals surface area contributed by atoms with Crippen LogP contribution in [0.1, 0.15) is 18.1 Å². The SMILES string of the molecule is CCOC(=O)C1=NN(c2ccccc2)[C@]2(S1)S/C(=C/c1ccc(C)cc1)C(=O)N2c1ccccc1. The van der Waals surface area contributed by atoms with Gasteiger partial charge in [-0.15, -0.1) is 0 Å². The van der Waals surface area contributed by atoms with Gasteiger partial charge in [-0.3, -0.25) is 9.69 Å². The maximum Gasteiger partial charge on any atom is 0.365 e. The molecule has 0 N–H and O–H groups in total. The molecule has 0 unspecified atom stereocenters. The number of hydrogen-bond donors (Lipinski definition) is 0. The molecule has 3 aromatic carbocycles. The molecule has 176 valence electrons. The van der Waals surface area contributed by atoms with E-state index in [4.69, 9.17) is 4.74 Å². The molecule has 1 atom stereocenters. The summed E-state index contributed by atoms with van der Waals surface area (Å²) in [6.45, 7) is 4.03. The first-order valence-electron chi connectivity index (χ1n) is 11.2. The third kappa shape index (κ3) is 4.35. The Labute approximate surface area is 212 Å². The van der Waals surface area contributed by atoms with Gasteiger partial charge in [0.05, 0.1) is 17.2 Å². The first-order valence-corrected chi connectivity index (χ1v) is 12.8. The molecule has 6 nitrogen and oxygen atoms in total. The number of nitrogens with zero attached hydrogens (tertiary/aromatic N) is 3. The topological polar surface area (TPSA) is 62.2 Å². The maximum absolute atomic E-state index is 13.9. The van der Waals surface area contributed by atoms with Crippen LogP contribution in [-0.2, 0) is 14.3 Å². The monoisotopic (exact) mass is 501 g/mol. The molecular weight excluding hydrogens is 478 g/mol. The summed E-state index contributed by atoms with van der Waals surface area (Å²) >= 11 is 2.60. The van der Waals surface area contributed by atoms with E-state index < -0.39 is 10.3 Å². The largest absolute Gasteiger partial charge is 0.461 e.